The van der Waals surface area contributed by atoms with Gasteiger partial charge < -0.3 is 25.8 Å². The normalized spacial score (nSPS) is 12.8. The van der Waals surface area contributed by atoms with Crippen LogP contribution in [0.15, 0.2) is 24.4 Å². The number of ketones is 1. The molecule has 0 unspecified atom stereocenters. The number of aromatic nitrogens is 1. The average Bonchev–Trinajstić information content (AvgIpc) is 3.10. The molecule has 2 rings (SSSR count). The summed E-state index contributed by atoms with van der Waals surface area (Å²) in [4.78, 5) is 51.5. The lowest BCUT2D eigenvalue weighted by atomic mass is 10.0. The SMILES string of the molecule is CC(=O)N[C@@H](Cc1c[nH]c2cc(F)ccc12)C(=O)N[C@@H](CCC(=O)C=N)C(=O)OC(C)C. The van der Waals surface area contributed by atoms with Crippen LogP contribution in [-0.2, 0) is 30.3 Å². The van der Waals surface area contributed by atoms with Gasteiger partial charge in [-0.05, 0) is 44.0 Å². The van der Waals surface area contributed by atoms with Gasteiger partial charge in [-0.1, -0.05) is 0 Å². The Labute approximate surface area is 184 Å². The number of H-pyrrole nitrogens is 1. The van der Waals surface area contributed by atoms with E-state index in [1.807, 2.05) is 0 Å². The van der Waals surface area contributed by atoms with Crippen molar-refractivity contribution >= 4 is 40.7 Å². The van der Waals surface area contributed by atoms with E-state index in [-0.39, 0.29) is 19.3 Å². The molecule has 0 fully saturated rings. The lowest BCUT2D eigenvalue weighted by Crippen LogP contribution is -2.52. The second-order valence-electron chi connectivity index (χ2n) is 7.66. The maximum Gasteiger partial charge on any atom is 0.328 e. The number of carbonyl (C=O) groups excluding carboxylic acids is 4. The Morgan fingerprint density at radius 1 is 1.19 bits per heavy atom. The molecule has 0 aliphatic heterocycles. The summed E-state index contributed by atoms with van der Waals surface area (Å²) in [5, 5.41) is 12.8. The highest BCUT2D eigenvalue weighted by Gasteiger charge is 2.28. The van der Waals surface area contributed by atoms with Crippen molar-refractivity contribution in [3.8, 4) is 0 Å². The van der Waals surface area contributed by atoms with Crippen molar-refractivity contribution in [1.29, 1.82) is 5.41 Å². The number of hydrogen-bond donors (Lipinski definition) is 4. The number of halogens is 1. The van der Waals surface area contributed by atoms with E-state index in [2.05, 4.69) is 15.6 Å². The zero-order chi connectivity index (χ0) is 23.8. The summed E-state index contributed by atoms with van der Waals surface area (Å²) in [6.45, 7) is 4.57. The first-order valence-corrected chi connectivity index (χ1v) is 10.2. The molecule has 4 N–H and O–H groups in total. The standard InChI is InChI=1S/C22H27FN4O5/c1-12(2)32-22(31)18(7-5-16(29)10-24)27-21(30)20(26-13(3)28)8-14-11-25-19-9-15(23)4-6-17(14)19/h4,6,9-12,18,20,24-25H,5,7-8H2,1-3H3,(H,26,28)(H,27,30)/t18-,20-/m0/s1. The van der Waals surface area contributed by atoms with Crippen LogP contribution >= 0.6 is 0 Å². The van der Waals surface area contributed by atoms with Crippen molar-refractivity contribution in [1.82, 2.24) is 15.6 Å². The van der Waals surface area contributed by atoms with Gasteiger partial charge in [0.2, 0.25) is 11.8 Å². The first-order chi connectivity index (χ1) is 15.1. The zero-order valence-corrected chi connectivity index (χ0v) is 18.2. The van der Waals surface area contributed by atoms with E-state index in [0.717, 1.165) is 0 Å². The fourth-order valence-corrected chi connectivity index (χ4v) is 3.20. The third-order valence-electron chi connectivity index (χ3n) is 4.64. The Bertz CT molecular complexity index is 1020. The Morgan fingerprint density at radius 3 is 2.53 bits per heavy atom. The van der Waals surface area contributed by atoms with E-state index in [4.69, 9.17) is 10.1 Å². The monoisotopic (exact) mass is 446 g/mol. The molecule has 1 heterocycles. The number of rotatable bonds is 11. The number of carbonyl (C=O) groups is 4. The average molecular weight is 446 g/mol. The van der Waals surface area contributed by atoms with Crippen LogP contribution in [0.25, 0.3) is 10.9 Å². The summed E-state index contributed by atoms with van der Waals surface area (Å²) in [5.74, 6) is -2.70. The first-order valence-electron chi connectivity index (χ1n) is 10.2. The molecule has 1 aromatic heterocycles. The van der Waals surface area contributed by atoms with Gasteiger partial charge in [0.15, 0.2) is 5.78 Å². The maximum absolute atomic E-state index is 13.5. The van der Waals surface area contributed by atoms with Crippen LogP contribution in [0.5, 0.6) is 0 Å². The lowest BCUT2D eigenvalue weighted by Gasteiger charge is -2.23. The summed E-state index contributed by atoms with van der Waals surface area (Å²) in [5.41, 5.74) is 1.22. The molecule has 0 aliphatic carbocycles. The van der Waals surface area contributed by atoms with E-state index >= 15 is 0 Å². The predicted molar refractivity (Wildman–Crippen MR) is 116 cm³/mol. The van der Waals surface area contributed by atoms with Crippen LogP contribution in [0.4, 0.5) is 4.39 Å². The van der Waals surface area contributed by atoms with Gasteiger partial charge in [0.05, 0.1) is 12.3 Å². The highest BCUT2D eigenvalue weighted by Crippen LogP contribution is 2.21. The summed E-state index contributed by atoms with van der Waals surface area (Å²) in [6, 6.07) is 2.05. The largest absolute Gasteiger partial charge is 0.461 e. The molecule has 1 aromatic carbocycles. The molecule has 2 aromatic rings. The molecule has 0 radical (unpaired) electrons. The second-order valence-corrected chi connectivity index (χ2v) is 7.66. The Hall–Kier alpha value is -3.56. The molecule has 0 saturated heterocycles. The van der Waals surface area contributed by atoms with Gasteiger partial charge in [-0.3, -0.25) is 14.4 Å². The number of nitrogens with one attached hydrogen (secondary N) is 4. The fourth-order valence-electron chi connectivity index (χ4n) is 3.20. The quantitative estimate of drug-likeness (QED) is 0.308. The van der Waals surface area contributed by atoms with Crippen LogP contribution in [0, 0.1) is 11.2 Å². The molecule has 9 nitrogen and oxygen atoms in total. The van der Waals surface area contributed by atoms with E-state index in [1.165, 1.54) is 19.1 Å². The summed E-state index contributed by atoms with van der Waals surface area (Å²) in [7, 11) is 0. The first kappa shape index (κ1) is 24.7. The molecule has 0 bridgehead atoms. The number of benzene rings is 1. The van der Waals surface area contributed by atoms with Gasteiger partial charge >= 0.3 is 5.97 Å². The summed E-state index contributed by atoms with van der Waals surface area (Å²) < 4.78 is 18.6. The van der Waals surface area contributed by atoms with Crippen molar-refractivity contribution in [3.63, 3.8) is 0 Å². The van der Waals surface area contributed by atoms with Crippen molar-refractivity contribution in [3.05, 3.63) is 35.8 Å². The van der Waals surface area contributed by atoms with Gasteiger partial charge in [0.25, 0.3) is 0 Å². The second kappa shape index (κ2) is 11.2. The van der Waals surface area contributed by atoms with Gasteiger partial charge in [0, 0.05) is 36.9 Å². The number of ether oxygens (including phenoxy) is 1. The van der Waals surface area contributed by atoms with Crippen molar-refractivity contribution in [2.45, 2.75) is 58.2 Å². The number of hydrogen-bond acceptors (Lipinski definition) is 6. The van der Waals surface area contributed by atoms with Crippen LogP contribution in [0.1, 0.15) is 39.2 Å². The molecule has 0 saturated carbocycles. The summed E-state index contributed by atoms with van der Waals surface area (Å²) in [6.07, 6.45) is 1.75. The smallest absolute Gasteiger partial charge is 0.328 e. The van der Waals surface area contributed by atoms with Crippen LogP contribution in [0.2, 0.25) is 0 Å². The number of Topliss-reactive ketones (excluding diaryl/α,β-unsaturated/α-hetero) is 1. The Balaban J connectivity index is 2.22. The van der Waals surface area contributed by atoms with Gasteiger partial charge in [0.1, 0.15) is 17.9 Å². The van der Waals surface area contributed by atoms with Gasteiger partial charge in [-0.15, -0.1) is 0 Å². The molecule has 32 heavy (non-hydrogen) atoms. The third kappa shape index (κ3) is 7.00. The minimum absolute atomic E-state index is 0.0509. The third-order valence-corrected chi connectivity index (χ3v) is 4.64. The fraction of sp³-hybridized carbons (Fsp3) is 0.409. The molecule has 0 spiro atoms. The molecule has 0 aliphatic rings. The molecular formula is C22H27FN4O5. The highest BCUT2D eigenvalue weighted by molar-refractivity contribution is 6.26. The zero-order valence-electron chi connectivity index (χ0n) is 18.2. The Kier molecular flexibility index (Phi) is 8.62. The van der Waals surface area contributed by atoms with E-state index in [1.54, 1.807) is 26.1 Å². The van der Waals surface area contributed by atoms with E-state index in [9.17, 15) is 23.6 Å². The predicted octanol–water partition coefficient (Wildman–Crippen LogP) is 1.79. The highest BCUT2D eigenvalue weighted by atomic mass is 19.1. The molecule has 10 heteroatoms. The molecule has 2 atom stereocenters. The minimum Gasteiger partial charge on any atom is -0.461 e. The van der Waals surface area contributed by atoms with Crippen LogP contribution in [-0.4, -0.2) is 53.0 Å². The van der Waals surface area contributed by atoms with Gasteiger partial charge in [-0.25, -0.2) is 9.18 Å². The molecule has 2 amide bonds. The molecule has 172 valence electrons. The van der Waals surface area contributed by atoms with Crippen molar-refractivity contribution < 1.29 is 28.3 Å². The van der Waals surface area contributed by atoms with Crippen molar-refractivity contribution in [2.75, 3.05) is 0 Å². The van der Waals surface area contributed by atoms with E-state index < -0.39 is 47.6 Å². The Morgan fingerprint density at radius 2 is 1.91 bits per heavy atom. The molecular weight excluding hydrogens is 419 g/mol. The number of fused-ring (bicyclic) bond motifs is 1. The van der Waals surface area contributed by atoms with E-state index in [0.29, 0.717) is 22.7 Å². The van der Waals surface area contributed by atoms with Gasteiger partial charge in [-0.2, -0.15) is 0 Å². The van der Waals surface area contributed by atoms with Crippen molar-refractivity contribution in [2.24, 2.45) is 0 Å². The number of amides is 2. The number of aromatic amines is 1. The minimum atomic E-state index is -1.12. The summed E-state index contributed by atoms with van der Waals surface area (Å²) >= 11 is 0. The van der Waals surface area contributed by atoms with Crippen LogP contribution < -0.4 is 10.6 Å². The number of esters is 1. The maximum atomic E-state index is 13.5. The lowest BCUT2D eigenvalue weighted by molar-refractivity contribution is -0.151. The van der Waals surface area contributed by atoms with Crippen LogP contribution in [0.3, 0.4) is 0 Å². The topological polar surface area (TPSA) is 141 Å².